The number of allylic oxidation sites excluding steroid dienone is 2. The zero-order valence-corrected chi connectivity index (χ0v) is 13.2. The van der Waals surface area contributed by atoms with Crippen molar-refractivity contribution in [3.8, 4) is 0 Å². The molecule has 0 aromatic carbocycles. The second-order valence-electron chi connectivity index (χ2n) is 8.44. The number of rotatable bonds is 0. The predicted molar refractivity (Wildman–Crippen MR) is 81.6 cm³/mol. The van der Waals surface area contributed by atoms with Crippen molar-refractivity contribution >= 4 is 11.6 Å². The lowest BCUT2D eigenvalue weighted by molar-refractivity contribution is -0.135. The Hall–Kier alpha value is -0.920. The molecule has 3 saturated carbocycles. The van der Waals surface area contributed by atoms with E-state index in [0.717, 1.165) is 25.7 Å². The first-order valence-electron chi connectivity index (χ1n) is 8.70. The molecule has 0 saturated heterocycles. The molecule has 0 aromatic rings. The predicted octanol–water partition coefficient (Wildman–Crippen LogP) is 3.94. The third kappa shape index (κ3) is 1.71. The summed E-state index contributed by atoms with van der Waals surface area (Å²) in [5.41, 5.74) is 0.169. The average Bonchev–Trinajstić information content (AvgIpc) is 2.76. The Morgan fingerprint density at radius 3 is 2.67 bits per heavy atom. The van der Waals surface area contributed by atoms with Crippen LogP contribution >= 0.6 is 0 Å². The quantitative estimate of drug-likeness (QED) is 0.676. The first-order chi connectivity index (χ1) is 9.95. The standard InChI is InChI=1S/C19H26O2/c1-18-9-7-13(20)11-12(18)3-4-14-15-5-6-17(21)19(15,2)10-8-16(14)18/h7,9,12,14-16H,3-6,8,10-11H2,1-2H3/t12?,14-,15-,16+,18-,19-/m0/s1. The Morgan fingerprint density at radius 2 is 1.86 bits per heavy atom. The van der Waals surface area contributed by atoms with Gasteiger partial charge in [0.25, 0.3) is 0 Å². The van der Waals surface area contributed by atoms with Gasteiger partial charge in [0.15, 0.2) is 5.78 Å². The van der Waals surface area contributed by atoms with E-state index in [1.54, 1.807) is 0 Å². The van der Waals surface area contributed by atoms with Gasteiger partial charge in [-0.1, -0.05) is 19.9 Å². The van der Waals surface area contributed by atoms with Crippen LogP contribution in [0.1, 0.15) is 58.8 Å². The van der Waals surface area contributed by atoms with Crippen LogP contribution in [-0.2, 0) is 9.59 Å². The minimum absolute atomic E-state index is 0.0292. The molecule has 21 heavy (non-hydrogen) atoms. The zero-order valence-electron chi connectivity index (χ0n) is 13.2. The van der Waals surface area contributed by atoms with Crippen molar-refractivity contribution in [2.45, 2.75) is 58.8 Å². The minimum Gasteiger partial charge on any atom is -0.299 e. The van der Waals surface area contributed by atoms with Gasteiger partial charge in [-0.15, -0.1) is 0 Å². The second-order valence-corrected chi connectivity index (χ2v) is 8.44. The number of hydrogen-bond donors (Lipinski definition) is 0. The molecule has 0 radical (unpaired) electrons. The molecule has 3 fully saturated rings. The number of carbonyl (C=O) groups excluding carboxylic acids is 2. The molecule has 1 unspecified atom stereocenters. The Labute approximate surface area is 127 Å². The molecule has 0 heterocycles. The Kier molecular flexibility index (Phi) is 2.81. The van der Waals surface area contributed by atoms with E-state index in [2.05, 4.69) is 19.9 Å². The van der Waals surface area contributed by atoms with Gasteiger partial charge in [-0.05, 0) is 67.3 Å². The van der Waals surface area contributed by atoms with Crippen molar-refractivity contribution in [1.82, 2.24) is 0 Å². The summed E-state index contributed by atoms with van der Waals surface area (Å²) in [6.45, 7) is 4.62. The van der Waals surface area contributed by atoms with Crippen molar-refractivity contribution < 1.29 is 9.59 Å². The molecule has 4 rings (SSSR count). The maximum Gasteiger partial charge on any atom is 0.155 e. The highest BCUT2D eigenvalue weighted by atomic mass is 16.1. The Balaban J connectivity index is 1.70. The lowest BCUT2D eigenvalue weighted by Gasteiger charge is -2.57. The number of Topliss-reactive ketones (excluding diaryl/α,β-unsaturated/α-hetero) is 1. The van der Waals surface area contributed by atoms with E-state index in [0.29, 0.717) is 35.2 Å². The molecule has 0 bridgehead atoms. The summed E-state index contributed by atoms with van der Waals surface area (Å²) >= 11 is 0. The van der Waals surface area contributed by atoms with Gasteiger partial charge in [-0.2, -0.15) is 0 Å². The van der Waals surface area contributed by atoms with E-state index in [1.807, 2.05) is 6.08 Å². The van der Waals surface area contributed by atoms with E-state index in [9.17, 15) is 9.59 Å². The first kappa shape index (κ1) is 13.7. The second kappa shape index (κ2) is 4.30. The third-order valence-electron chi connectivity index (χ3n) is 7.75. The fourth-order valence-corrected chi connectivity index (χ4v) is 6.41. The molecule has 6 atom stereocenters. The lowest BCUT2D eigenvalue weighted by Crippen LogP contribution is -2.52. The van der Waals surface area contributed by atoms with Gasteiger partial charge < -0.3 is 0 Å². The molecule has 0 aromatic heterocycles. The van der Waals surface area contributed by atoms with Crippen LogP contribution in [0.5, 0.6) is 0 Å². The van der Waals surface area contributed by atoms with Crippen LogP contribution in [0.2, 0.25) is 0 Å². The number of fused-ring (bicyclic) bond motifs is 5. The van der Waals surface area contributed by atoms with E-state index < -0.39 is 0 Å². The molecule has 0 N–H and O–H groups in total. The van der Waals surface area contributed by atoms with Gasteiger partial charge in [-0.3, -0.25) is 9.59 Å². The maximum atomic E-state index is 12.4. The summed E-state index contributed by atoms with van der Waals surface area (Å²) in [5, 5.41) is 0. The normalized spacial score (nSPS) is 52.3. The van der Waals surface area contributed by atoms with Crippen LogP contribution in [0.3, 0.4) is 0 Å². The number of ketones is 2. The summed E-state index contributed by atoms with van der Waals surface area (Å²) in [7, 11) is 0. The molecule has 2 nitrogen and oxygen atoms in total. The average molecular weight is 286 g/mol. The molecule has 0 spiro atoms. The summed E-state index contributed by atoms with van der Waals surface area (Å²) in [5.74, 6) is 3.37. The molecule has 2 heteroatoms. The highest BCUT2D eigenvalue weighted by molar-refractivity contribution is 5.91. The van der Waals surface area contributed by atoms with Gasteiger partial charge in [0, 0.05) is 18.3 Å². The van der Waals surface area contributed by atoms with Crippen molar-refractivity contribution in [2.24, 2.45) is 34.5 Å². The zero-order chi connectivity index (χ0) is 14.8. The van der Waals surface area contributed by atoms with E-state index in [1.165, 1.54) is 19.3 Å². The van der Waals surface area contributed by atoms with Crippen LogP contribution in [0.4, 0.5) is 0 Å². The highest BCUT2D eigenvalue weighted by Gasteiger charge is 2.59. The van der Waals surface area contributed by atoms with Gasteiger partial charge in [0.05, 0.1) is 0 Å². The van der Waals surface area contributed by atoms with Crippen LogP contribution in [0.25, 0.3) is 0 Å². The monoisotopic (exact) mass is 286 g/mol. The summed E-state index contributed by atoms with van der Waals surface area (Å²) in [6, 6.07) is 0. The first-order valence-corrected chi connectivity index (χ1v) is 8.70. The van der Waals surface area contributed by atoms with Gasteiger partial charge in [-0.25, -0.2) is 0 Å². The van der Waals surface area contributed by atoms with Crippen LogP contribution < -0.4 is 0 Å². The molecule has 4 aliphatic rings. The number of carbonyl (C=O) groups is 2. The van der Waals surface area contributed by atoms with Crippen LogP contribution in [0.15, 0.2) is 12.2 Å². The van der Waals surface area contributed by atoms with Gasteiger partial charge in [0.2, 0.25) is 0 Å². The molecule has 0 aliphatic heterocycles. The lowest BCUT2D eigenvalue weighted by atomic mass is 9.46. The van der Waals surface area contributed by atoms with Gasteiger partial charge in [0.1, 0.15) is 5.78 Å². The van der Waals surface area contributed by atoms with Crippen molar-refractivity contribution in [3.05, 3.63) is 12.2 Å². The maximum absolute atomic E-state index is 12.4. The third-order valence-corrected chi connectivity index (χ3v) is 7.75. The fourth-order valence-electron chi connectivity index (χ4n) is 6.41. The van der Waals surface area contributed by atoms with Gasteiger partial charge >= 0.3 is 0 Å². The van der Waals surface area contributed by atoms with E-state index in [4.69, 9.17) is 0 Å². The van der Waals surface area contributed by atoms with E-state index in [-0.39, 0.29) is 10.8 Å². The van der Waals surface area contributed by atoms with Crippen LogP contribution in [-0.4, -0.2) is 11.6 Å². The number of hydrogen-bond acceptors (Lipinski definition) is 2. The van der Waals surface area contributed by atoms with Crippen molar-refractivity contribution in [2.75, 3.05) is 0 Å². The topological polar surface area (TPSA) is 34.1 Å². The molecule has 4 aliphatic carbocycles. The summed E-state index contributed by atoms with van der Waals surface area (Å²) in [4.78, 5) is 24.1. The Bertz CT molecular complexity index is 534. The SMILES string of the molecule is C[C@]12C=CC(=O)CC1CC[C@@H]1[C@H]2CC[C@]2(C)C(=O)CC[C@@H]12. The van der Waals surface area contributed by atoms with Crippen molar-refractivity contribution in [3.63, 3.8) is 0 Å². The molecular formula is C19H26O2. The van der Waals surface area contributed by atoms with Crippen LogP contribution in [0, 0.1) is 34.5 Å². The Morgan fingerprint density at radius 1 is 1.05 bits per heavy atom. The summed E-state index contributed by atoms with van der Waals surface area (Å²) < 4.78 is 0. The minimum atomic E-state index is -0.0292. The summed E-state index contributed by atoms with van der Waals surface area (Å²) in [6.07, 6.45) is 11.4. The molecule has 114 valence electrons. The smallest absolute Gasteiger partial charge is 0.155 e. The highest BCUT2D eigenvalue weighted by Crippen LogP contribution is 2.64. The fraction of sp³-hybridized carbons (Fsp3) is 0.789. The largest absolute Gasteiger partial charge is 0.299 e. The van der Waals surface area contributed by atoms with Crippen molar-refractivity contribution in [1.29, 1.82) is 0 Å². The molecular weight excluding hydrogens is 260 g/mol. The van der Waals surface area contributed by atoms with E-state index >= 15 is 0 Å². The molecule has 0 amide bonds.